The van der Waals surface area contributed by atoms with Crippen molar-refractivity contribution in [3.63, 3.8) is 0 Å². The summed E-state index contributed by atoms with van der Waals surface area (Å²) < 4.78 is 0. The van der Waals surface area contributed by atoms with Crippen LogP contribution in [0.4, 0.5) is 0 Å². The molecular weight excluding hydrogens is 219 g/mol. The fourth-order valence-electron chi connectivity index (χ4n) is 2.10. The van der Waals surface area contributed by atoms with Crippen LogP contribution in [-0.4, -0.2) is 37.6 Å². The van der Waals surface area contributed by atoms with Crippen LogP contribution in [0, 0.1) is 5.92 Å². The molecule has 0 bridgehead atoms. The summed E-state index contributed by atoms with van der Waals surface area (Å²) >= 11 is 0. The third kappa shape index (κ3) is 4.35. The molecule has 0 amide bonds. The molecule has 14 heavy (non-hydrogen) atoms. The smallest absolute Gasteiger partial charge is 0.0116 e. The monoisotopic (exact) mass is 240 g/mol. The van der Waals surface area contributed by atoms with Crippen molar-refractivity contribution in [3.05, 3.63) is 0 Å². The Morgan fingerprint density at radius 1 is 1.07 bits per heavy atom. The summed E-state index contributed by atoms with van der Waals surface area (Å²) in [6, 6.07) is 0.867. The van der Waals surface area contributed by atoms with Crippen LogP contribution in [0.2, 0.25) is 0 Å². The Kier molecular flexibility index (Phi) is 7.13. The van der Waals surface area contributed by atoms with Crippen LogP contribution in [0.25, 0.3) is 0 Å². The average Bonchev–Trinajstić information content (AvgIpc) is 2.90. The molecule has 0 unspecified atom stereocenters. The number of nitrogens with one attached hydrogen (secondary N) is 1. The largest absolute Gasteiger partial charge is 0.317 e. The number of rotatable bonds is 3. The van der Waals surface area contributed by atoms with E-state index in [4.69, 9.17) is 0 Å². The first-order chi connectivity index (χ1) is 5.86. The molecule has 1 aliphatic heterocycles. The Bertz CT molecular complexity index is 145. The lowest BCUT2D eigenvalue weighted by Gasteiger charge is -2.31. The van der Waals surface area contributed by atoms with Gasteiger partial charge < -0.3 is 10.2 Å². The van der Waals surface area contributed by atoms with Gasteiger partial charge in [-0.15, -0.1) is 24.8 Å². The van der Waals surface area contributed by atoms with E-state index < -0.39 is 0 Å². The lowest BCUT2D eigenvalue weighted by Crippen LogP contribution is -2.41. The van der Waals surface area contributed by atoms with Gasteiger partial charge >= 0.3 is 0 Å². The van der Waals surface area contributed by atoms with Gasteiger partial charge in [0.1, 0.15) is 0 Å². The third-order valence-electron chi connectivity index (χ3n) is 3.18. The molecular formula is C10H22Cl2N2. The molecule has 1 saturated carbocycles. The van der Waals surface area contributed by atoms with Crippen molar-refractivity contribution in [2.24, 2.45) is 5.92 Å². The zero-order chi connectivity index (χ0) is 8.39. The van der Waals surface area contributed by atoms with E-state index in [0.717, 1.165) is 12.0 Å². The number of hydrogen-bond donors (Lipinski definition) is 1. The van der Waals surface area contributed by atoms with Gasteiger partial charge in [-0.1, -0.05) is 0 Å². The first kappa shape index (κ1) is 14.5. The van der Waals surface area contributed by atoms with Crippen LogP contribution in [0.1, 0.15) is 25.7 Å². The number of piperidine rings is 1. The van der Waals surface area contributed by atoms with E-state index in [9.17, 15) is 0 Å². The van der Waals surface area contributed by atoms with Crippen molar-refractivity contribution in [3.8, 4) is 0 Å². The van der Waals surface area contributed by atoms with E-state index in [2.05, 4.69) is 17.3 Å². The van der Waals surface area contributed by atoms with E-state index in [1.54, 1.807) is 0 Å². The minimum absolute atomic E-state index is 0. The second-order valence-corrected chi connectivity index (χ2v) is 4.36. The van der Waals surface area contributed by atoms with Crippen molar-refractivity contribution < 1.29 is 0 Å². The lowest BCUT2D eigenvalue weighted by molar-refractivity contribution is 0.192. The minimum atomic E-state index is 0. The summed E-state index contributed by atoms with van der Waals surface area (Å²) in [5, 5.41) is 3.41. The Labute approximate surface area is 99.6 Å². The second kappa shape index (κ2) is 6.89. The molecule has 2 nitrogen and oxygen atoms in total. The highest BCUT2D eigenvalue weighted by atomic mass is 35.5. The van der Waals surface area contributed by atoms with Gasteiger partial charge in [0, 0.05) is 12.6 Å². The van der Waals surface area contributed by atoms with E-state index >= 15 is 0 Å². The zero-order valence-electron chi connectivity index (χ0n) is 8.87. The van der Waals surface area contributed by atoms with Gasteiger partial charge in [0.05, 0.1) is 0 Å². The maximum Gasteiger partial charge on any atom is 0.0116 e. The molecule has 1 heterocycles. The quantitative estimate of drug-likeness (QED) is 0.812. The first-order valence-corrected chi connectivity index (χ1v) is 5.27. The Morgan fingerprint density at radius 3 is 2.14 bits per heavy atom. The summed E-state index contributed by atoms with van der Waals surface area (Å²) in [6.07, 6.45) is 5.66. The lowest BCUT2D eigenvalue weighted by atomic mass is 10.1. The number of halogens is 2. The molecule has 1 aliphatic carbocycles. The number of nitrogens with zero attached hydrogens (tertiary/aromatic N) is 1. The second-order valence-electron chi connectivity index (χ2n) is 4.36. The highest BCUT2D eigenvalue weighted by Gasteiger charge is 2.26. The van der Waals surface area contributed by atoms with Crippen molar-refractivity contribution in [1.82, 2.24) is 10.2 Å². The van der Waals surface area contributed by atoms with Gasteiger partial charge in [-0.05, 0) is 51.7 Å². The molecule has 0 atom stereocenters. The minimum Gasteiger partial charge on any atom is -0.317 e. The van der Waals surface area contributed by atoms with E-state index in [1.165, 1.54) is 45.3 Å². The van der Waals surface area contributed by atoms with E-state index in [1.807, 2.05) is 0 Å². The van der Waals surface area contributed by atoms with Crippen molar-refractivity contribution in [2.75, 3.05) is 26.7 Å². The maximum atomic E-state index is 3.41. The SMILES string of the molecule is CN(CC1CC1)C1CCNCC1.Cl.Cl. The molecule has 1 saturated heterocycles. The average molecular weight is 241 g/mol. The molecule has 0 aromatic rings. The van der Waals surface area contributed by atoms with Gasteiger partial charge in [0.2, 0.25) is 0 Å². The normalized spacial score (nSPS) is 22.7. The number of hydrogen-bond acceptors (Lipinski definition) is 2. The van der Waals surface area contributed by atoms with E-state index in [0.29, 0.717) is 0 Å². The molecule has 2 aliphatic rings. The third-order valence-corrected chi connectivity index (χ3v) is 3.18. The molecule has 0 aromatic carbocycles. The van der Waals surface area contributed by atoms with Crippen LogP contribution in [-0.2, 0) is 0 Å². The highest BCUT2D eigenvalue weighted by molar-refractivity contribution is 5.85. The van der Waals surface area contributed by atoms with Crippen molar-refractivity contribution in [1.29, 1.82) is 0 Å². The summed E-state index contributed by atoms with van der Waals surface area (Å²) in [5.41, 5.74) is 0. The van der Waals surface area contributed by atoms with E-state index in [-0.39, 0.29) is 24.8 Å². The molecule has 0 aromatic heterocycles. The van der Waals surface area contributed by atoms with Crippen LogP contribution in [0.15, 0.2) is 0 Å². The van der Waals surface area contributed by atoms with Crippen LogP contribution >= 0.6 is 24.8 Å². The fraction of sp³-hybridized carbons (Fsp3) is 1.00. The first-order valence-electron chi connectivity index (χ1n) is 5.27. The van der Waals surface area contributed by atoms with Crippen LogP contribution in [0.3, 0.4) is 0 Å². The van der Waals surface area contributed by atoms with Gasteiger partial charge in [0.15, 0.2) is 0 Å². The molecule has 4 heteroatoms. The molecule has 2 fully saturated rings. The molecule has 0 radical (unpaired) electrons. The zero-order valence-corrected chi connectivity index (χ0v) is 10.5. The van der Waals surface area contributed by atoms with Crippen LogP contribution < -0.4 is 5.32 Å². The predicted molar refractivity (Wildman–Crippen MR) is 65.7 cm³/mol. The summed E-state index contributed by atoms with van der Waals surface area (Å²) in [7, 11) is 2.30. The van der Waals surface area contributed by atoms with Gasteiger partial charge in [-0.25, -0.2) is 0 Å². The molecule has 0 spiro atoms. The Morgan fingerprint density at radius 2 is 1.64 bits per heavy atom. The van der Waals surface area contributed by atoms with Gasteiger partial charge in [0.25, 0.3) is 0 Å². The van der Waals surface area contributed by atoms with Crippen molar-refractivity contribution in [2.45, 2.75) is 31.7 Å². The topological polar surface area (TPSA) is 15.3 Å². The Hall–Kier alpha value is 0.500. The highest BCUT2D eigenvalue weighted by Crippen LogP contribution is 2.30. The van der Waals surface area contributed by atoms with Crippen molar-refractivity contribution >= 4 is 24.8 Å². The standard InChI is InChI=1S/C10H20N2.2ClH/c1-12(8-9-2-3-9)10-4-6-11-7-5-10;;/h9-11H,2-8H2,1H3;2*1H. The van der Waals surface area contributed by atoms with Crippen LogP contribution in [0.5, 0.6) is 0 Å². The fourth-order valence-corrected chi connectivity index (χ4v) is 2.10. The predicted octanol–water partition coefficient (Wildman–Crippen LogP) is 1.92. The molecule has 2 rings (SSSR count). The maximum absolute atomic E-state index is 3.41. The summed E-state index contributed by atoms with van der Waals surface area (Å²) in [6.45, 7) is 3.80. The summed E-state index contributed by atoms with van der Waals surface area (Å²) in [4.78, 5) is 2.58. The van der Waals surface area contributed by atoms with Gasteiger partial charge in [-0.3, -0.25) is 0 Å². The summed E-state index contributed by atoms with van der Waals surface area (Å²) in [5.74, 6) is 1.05. The van der Waals surface area contributed by atoms with Gasteiger partial charge in [-0.2, -0.15) is 0 Å². The Balaban J connectivity index is 0.000000845. The molecule has 86 valence electrons. The molecule has 1 N–H and O–H groups in total.